The second-order valence-corrected chi connectivity index (χ2v) is 8.22. The Bertz CT molecular complexity index is 567. The van der Waals surface area contributed by atoms with Crippen LogP contribution >= 0.6 is 35.3 Å². The molecule has 1 N–H and O–H groups in total. The minimum atomic E-state index is -2.94. The summed E-state index contributed by atoms with van der Waals surface area (Å²) in [7, 11) is -1.21. The van der Waals surface area contributed by atoms with Gasteiger partial charge in [-0.2, -0.15) is 0 Å². The molecule has 0 atom stereocenters. The molecule has 2 heterocycles. The summed E-state index contributed by atoms with van der Waals surface area (Å²) in [5.74, 6) is 0.908. The van der Waals surface area contributed by atoms with Crippen molar-refractivity contribution < 1.29 is 8.42 Å². The highest BCUT2D eigenvalue weighted by atomic mass is 127. The topological polar surface area (TPSA) is 65.0 Å². The van der Waals surface area contributed by atoms with Crippen molar-refractivity contribution >= 4 is 56.1 Å². The summed E-state index contributed by atoms with van der Waals surface area (Å²) in [6.45, 7) is 4.07. The van der Waals surface area contributed by atoms with Gasteiger partial charge in [0.15, 0.2) is 5.96 Å². The summed E-state index contributed by atoms with van der Waals surface area (Å²) < 4.78 is 22.3. The molecule has 0 unspecified atom stereocenters. The molecule has 0 aliphatic carbocycles. The molecule has 1 aromatic heterocycles. The standard InChI is InChI=1S/C13H22N4O2S2.HI/c1-14-13(15-5-11-21(2,18)19)17-8-6-16(7-9-17)12-4-3-10-20-12;/h3-4,10H,5-9,11H2,1-2H3,(H,14,15);1H. The van der Waals surface area contributed by atoms with E-state index in [1.54, 1.807) is 18.4 Å². The van der Waals surface area contributed by atoms with Gasteiger partial charge in [0.05, 0.1) is 10.8 Å². The zero-order chi connectivity index (χ0) is 15.3. The number of sulfone groups is 1. The third-order valence-electron chi connectivity index (χ3n) is 3.36. The zero-order valence-electron chi connectivity index (χ0n) is 12.9. The maximum atomic E-state index is 11.2. The molecule has 0 saturated carbocycles. The fraction of sp³-hybridized carbons (Fsp3) is 0.615. The quantitative estimate of drug-likeness (QED) is 0.416. The third kappa shape index (κ3) is 5.92. The van der Waals surface area contributed by atoms with Crippen molar-refractivity contribution in [2.45, 2.75) is 0 Å². The molecule has 0 bridgehead atoms. The van der Waals surface area contributed by atoms with Crippen molar-refractivity contribution in [1.29, 1.82) is 0 Å². The molecule has 1 saturated heterocycles. The van der Waals surface area contributed by atoms with Crippen LogP contribution in [0.3, 0.4) is 0 Å². The first-order valence-electron chi connectivity index (χ1n) is 6.91. The monoisotopic (exact) mass is 458 g/mol. The molecule has 0 spiro atoms. The fourth-order valence-corrected chi connectivity index (χ4v) is 3.53. The molecule has 2 rings (SSSR count). The molecular formula is C13H23IN4O2S2. The van der Waals surface area contributed by atoms with E-state index in [4.69, 9.17) is 0 Å². The number of nitrogens with one attached hydrogen (secondary N) is 1. The summed E-state index contributed by atoms with van der Waals surface area (Å²) in [6, 6.07) is 4.21. The SMILES string of the molecule is CN=C(NCCS(C)(=O)=O)N1CCN(c2cccs2)CC1.I. The number of anilines is 1. The van der Waals surface area contributed by atoms with Gasteiger partial charge in [-0.05, 0) is 17.5 Å². The lowest BCUT2D eigenvalue weighted by atomic mass is 10.3. The highest BCUT2D eigenvalue weighted by molar-refractivity contribution is 14.0. The molecule has 1 aliphatic heterocycles. The summed E-state index contributed by atoms with van der Waals surface area (Å²) in [5, 5.41) is 6.52. The number of hydrogen-bond donors (Lipinski definition) is 1. The van der Waals surface area contributed by atoms with Crippen LogP contribution < -0.4 is 10.2 Å². The Morgan fingerprint density at radius 2 is 2.05 bits per heavy atom. The lowest BCUT2D eigenvalue weighted by Gasteiger charge is -2.37. The van der Waals surface area contributed by atoms with E-state index in [9.17, 15) is 8.42 Å². The van der Waals surface area contributed by atoms with Gasteiger partial charge in [-0.15, -0.1) is 35.3 Å². The van der Waals surface area contributed by atoms with Crippen LogP contribution in [0.15, 0.2) is 22.5 Å². The number of halogens is 1. The van der Waals surface area contributed by atoms with E-state index in [2.05, 4.69) is 37.6 Å². The van der Waals surface area contributed by atoms with E-state index in [0.717, 1.165) is 32.1 Å². The summed E-state index contributed by atoms with van der Waals surface area (Å²) in [6.07, 6.45) is 1.25. The third-order valence-corrected chi connectivity index (χ3v) is 5.24. The smallest absolute Gasteiger partial charge is 0.193 e. The molecular weight excluding hydrogens is 435 g/mol. The number of hydrogen-bond acceptors (Lipinski definition) is 5. The molecule has 9 heteroatoms. The zero-order valence-corrected chi connectivity index (χ0v) is 16.8. The number of nitrogens with zero attached hydrogens (tertiary/aromatic N) is 3. The van der Waals surface area contributed by atoms with Gasteiger partial charge < -0.3 is 15.1 Å². The van der Waals surface area contributed by atoms with E-state index in [1.165, 1.54) is 11.3 Å². The Labute approximate surface area is 153 Å². The molecule has 1 aliphatic rings. The number of thiophene rings is 1. The van der Waals surface area contributed by atoms with Crippen LogP contribution in [0.25, 0.3) is 0 Å². The van der Waals surface area contributed by atoms with Crippen molar-refractivity contribution in [3.05, 3.63) is 17.5 Å². The number of aliphatic imine (C=N–C) groups is 1. The van der Waals surface area contributed by atoms with E-state index in [1.807, 2.05) is 0 Å². The van der Waals surface area contributed by atoms with E-state index in [-0.39, 0.29) is 29.7 Å². The Hall–Kier alpha value is -0.550. The second-order valence-electron chi connectivity index (χ2n) is 5.03. The maximum Gasteiger partial charge on any atom is 0.193 e. The lowest BCUT2D eigenvalue weighted by molar-refractivity contribution is 0.374. The molecule has 0 aromatic carbocycles. The van der Waals surface area contributed by atoms with Crippen LogP contribution in [0.2, 0.25) is 0 Å². The van der Waals surface area contributed by atoms with Crippen LogP contribution in [-0.2, 0) is 9.84 Å². The summed E-state index contributed by atoms with van der Waals surface area (Å²) >= 11 is 1.76. The van der Waals surface area contributed by atoms with Crippen molar-refractivity contribution in [2.75, 3.05) is 56.7 Å². The average molecular weight is 458 g/mol. The van der Waals surface area contributed by atoms with Gasteiger partial charge in [-0.3, -0.25) is 4.99 Å². The van der Waals surface area contributed by atoms with Gasteiger partial charge in [-0.1, -0.05) is 0 Å². The predicted molar refractivity (Wildman–Crippen MR) is 105 cm³/mol. The number of piperazine rings is 1. The first-order chi connectivity index (χ1) is 9.99. The summed E-state index contributed by atoms with van der Waals surface area (Å²) in [5.41, 5.74) is 0. The molecule has 0 radical (unpaired) electrons. The lowest BCUT2D eigenvalue weighted by Crippen LogP contribution is -2.52. The average Bonchev–Trinajstić information content (AvgIpc) is 2.97. The minimum absolute atomic E-state index is 0. The van der Waals surface area contributed by atoms with Gasteiger partial charge in [0.25, 0.3) is 0 Å². The van der Waals surface area contributed by atoms with Crippen LogP contribution in [0.4, 0.5) is 5.00 Å². The van der Waals surface area contributed by atoms with Gasteiger partial charge in [0, 0.05) is 46.0 Å². The van der Waals surface area contributed by atoms with Crippen LogP contribution in [-0.4, -0.2) is 71.1 Å². The first-order valence-corrected chi connectivity index (χ1v) is 9.85. The largest absolute Gasteiger partial charge is 0.360 e. The van der Waals surface area contributed by atoms with Gasteiger partial charge >= 0.3 is 0 Å². The van der Waals surface area contributed by atoms with E-state index < -0.39 is 9.84 Å². The number of rotatable bonds is 4. The normalized spacial score (nSPS) is 16.4. The molecule has 22 heavy (non-hydrogen) atoms. The van der Waals surface area contributed by atoms with E-state index in [0.29, 0.717) is 6.54 Å². The van der Waals surface area contributed by atoms with Gasteiger partial charge in [-0.25, -0.2) is 8.42 Å². The van der Waals surface area contributed by atoms with Crippen molar-refractivity contribution in [1.82, 2.24) is 10.2 Å². The fourth-order valence-electron chi connectivity index (χ4n) is 2.27. The Morgan fingerprint density at radius 1 is 1.36 bits per heavy atom. The molecule has 1 fully saturated rings. The minimum Gasteiger partial charge on any atom is -0.360 e. The Kier molecular flexibility index (Phi) is 7.90. The van der Waals surface area contributed by atoms with Crippen molar-refractivity contribution in [2.24, 2.45) is 4.99 Å². The van der Waals surface area contributed by atoms with Crippen molar-refractivity contribution in [3.8, 4) is 0 Å². The molecule has 6 nitrogen and oxygen atoms in total. The molecule has 1 aromatic rings. The van der Waals surface area contributed by atoms with Crippen LogP contribution in [0.1, 0.15) is 0 Å². The van der Waals surface area contributed by atoms with Crippen molar-refractivity contribution in [3.63, 3.8) is 0 Å². The summed E-state index contributed by atoms with van der Waals surface area (Å²) in [4.78, 5) is 8.78. The van der Waals surface area contributed by atoms with Gasteiger partial charge in [0.2, 0.25) is 0 Å². The Balaban J connectivity index is 0.00000242. The van der Waals surface area contributed by atoms with Crippen LogP contribution in [0.5, 0.6) is 0 Å². The highest BCUT2D eigenvalue weighted by Crippen LogP contribution is 2.22. The second kappa shape index (κ2) is 8.92. The molecule has 0 amide bonds. The first kappa shape index (κ1) is 19.5. The molecule has 126 valence electrons. The van der Waals surface area contributed by atoms with Crippen LogP contribution in [0, 0.1) is 0 Å². The number of guanidine groups is 1. The highest BCUT2D eigenvalue weighted by Gasteiger charge is 2.20. The predicted octanol–water partition coefficient (Wildman–Crippen LogP) is 1.11. The Morgan fingerprint density at radius 3 is 2.55 bits per heavy atom. The maximum absolute atomic E-state index is 11.2. The van der Waals surface area contributed by atoms with Gasteiger partial charge in [0.1, 0.15) is 9.84 Å². The van der Waals surface area contributed by atoms with E-state index >= 15 is 0 Å².